The first-order chi connectivity index (χ1) is 14.8. The van der Waals surface area contributed by atoms with E-state index < -0.39 is 30.0 Å². The number of hydrogen-bond acceptors (Lipinski definition) is 2. The molecule has 0 spiro atoms. The highest BCUT2D eigenvalue weighted by Gasteiger charge is 2.37. The molecule has 0 bridgehead atoms. The highest BCUT2D eigenvalue weighted by molar-refractivity contribution is 5.76. The summed E-state index contributed by atoms with van der Waals surface area (Å²) in [4.78, 5) is 11.4. The summed E-state index contributed by atoms with van der Waals surface area (Å²) in [7, 11) is 0. The first-order valence-corrected chi connectivity index (χ1v) is 9.81. The molecule has 0 aliphatic carbocycles. The van der Waals surface area contributed by atoms with E-state index in [0.29, 0.717) is 24.2 Å². The molecule has 7 heteroatoms. The quantitative estimate of drug-likeness (QED) is 0.561. The zero-order chi connectivity index (χ0) is 22.0. The van der Waals surface area contributed by atoms with Crippen molar-refractivity contribution in [3.8, 4) is 16.9 Å². The number of amides is 1. The molecule has 4 nitrogen and oxygen atoms in total. The van der Waals surface area contributed by atoms with Gasteiger partial charge in [-0.05, 0) is 29.2 Å². The molecule has 4 rings (SSSR count). The van der Waals surface area contributed by atoms with Crippen LogP contribution in [0.15, 0.2) is 72.8 Å². The van der Waals surface area contributed by atoms with E-state index in [1.165, 1.54) is 12.1 Å². The van der Waals surface area contributed by atoms with Gasteiger partial charge in [-0.2, -0.15) is 13.2 Å². The minimum Gasteiger partial charge on any atom is -0.487 e. The van der Waals surface area contributed by atoms with Gasteiger partial charge in [0.25, 0.3) is 0 Å². The molecule has 1 heterocycles. The van der Waals surface area contributed by atoms with Crippen LogP contribution in [0.4, 0.5) is 18.0 Å². The van der Waals surface area contributed by atoms with Gasteiger partial charge < -0.3 is 15.2 Å². The van der Waals surface area contributed by atoms with Gasteiger partial charge >= 0.3 is 12.3 Å². The molecule has 3 aromatic rings. The third-order valence-electron chi connectivity index (χ3n) is 5.37. The fourth-order valence-corrected chi connectivity index (χ4v) is 4.00. The number of ether oxygens (including phenoxy) is 1. The molecule has 0 radical (unpaired) electrons. The van der Waals surface area contributed by atoms with Crippen LogP contribution in [0.25, 0.3) is 11.1 Å². The molecule has 31 heavy (non-hydrogen) atoms. The SMILES string of the molecule is O=C(O)NC(Cc1ccccc1)C1Cc2cccc(-c3ccccc3C(F)(F)F)c2O1. The van der Waals surface area contributed by atoms with Crippen LogP contribution in [0, 0.1) is 0 Å². The Hall–Kier alpha value is -3.48. The smallest absolute Gasteiger partial charge is 0.417 e. The van der Waals surface area contributed by atoms with Crippen molar-refractivity contribution >= 4 is 6.09 Å². The lowest BCUT2D eigenvalue weighted by Gasteiger charge is -2.24. The second-order valence-electron chi connectivity index (χ2n) is 7.44. The van der Waals surface area contributed by atoms with Crippen LogP contribution in [0.1, 0.15) is 16.7 Å². The molecule has 0 saturated carbocycles. The van der Waals surface area contributed by atoms with E-state index >= 15 is 0 Å². The molecule has 2 unspecified atom stereocenters. The van der Waals surface area contributed by atoms with Gasteiger partial charge in [0.1, 0.15) is 11.9 Å². The molecule has 0 saturated heterocycles. The van der Waals surface area contributed by atoms with Crippen molar-refractivity contribution in [3.63, 3.8) is 0 Å². The third-order valence-corrected chi connectivity index (χ3v) is 5.37. The predicted octanol–water partition coefficient (Wildman–Crippen LogP) is 5.55. The minimum atomic E-state index is -4.50. The second kappa shape index (κ2) is 8.34. The zero-order valence-corrected chi connectivity index (χ0v) is 16.4. The van der Waals surface area contributed by atoms with Crippen LogP contribution in [0.2, 0.25) is 0 Å². The van der Waals surface area contributed by atoms with E-state index in [0.717, 1.165) is 17.2 Å². The maximum Gasteiger partial charge on any atom is 0.417 e. The summed E-state index contributed by atoms with van der Waals surface area (Å²) >= 11 is 0. The van der Waals surface area contributed by atoms with Crippen molar-refractivity contribution < 1.29 is 27.8 Å². The Labute approximate surface area is 177 Å². The number of benzene rings is 3. The Morgan fingerprint density at radius 2 is 1.68 bits per heavy atom. The predicted molar refractivity (Wildman–Crippen MR) is 110 cm³/mol. The molecule has 160 valence electrons. The fourth-order valence-electron chi connectivity index (χ4n) is 4.00. The van der Waals surface area contributed by atoms with Crippen molar-refractivity contribution in [2.45, 2.75) is 31.2 Å². The van der Waals surface area contributed by atoms with Gasteiger partial charge in [-0.25, -0.2) is 4.79 Å². The van der Waals surface area contributed by atoms with Gasteiger partial charge in [0.15, 0.2) is 0 Å². The van der Waals surface area contributed by atoms with Crippen LogP contribution in [-0.2, 0) is 19.0 Å². The third kappa shape index (κ3) is 4.50. The first-order valence-electron chi connectivity index (χ1n) is 9.81. The number of alkyl halides is 3. The lowest BCUT2D eigenvalue weighted by Crippen LogP contribution is -2.46. The number of para-hydroxylation sites is 1. The van der Waals surface area contributed by atoms with Crippen LogP contribution >= 0.6 is 0 Å². The number of hydrogen-bond donors (Lipinski definition) is 2. The van der Waals surface area contributed by atoms with Crippen LogP contribution < -0.4 is 10.1 Å². The Kier molecular flexibility index (Phi) is 5.59. The molecular formula is C24H20F3NO3. The summed E-state index contributed by atoms with van der Waals surface area (Å²) in [5.41, 5.74) is 1.34. The number of halogens is 3. The molecule has 1 amide bonds. The van der Waals surface area contributed by atoms with Crippen LogP contribution in [0.3, 0.4) is 0 Å². The largest absolute Gasteiger partial charge is 0.487 e. The van der Waals surface area contributed by atoms with E-state index in [4.69, 9.17) is 4.74 Å². The summed E-state index contributed by atoms with van der Waals surface area (Å²) in [6.45, 7) is 0. The lowest BCUT2D eigenvalue weighted by molar-refractivity contribution is -0.137. The monoisotopic (exact) mass is 427 g/mol. The number of carboxylic acid groups (broad SMARTS) is 1. The standard InChI is InChI=1S/C24H20F3NO3/c25-24(26,27)19-12-5-4-10-17(19)18-11-6-9-16-14-21(31-22(16)18)20(28-23(29)30)13-15-7-2-1-3-8-15/h1-12,20-21,28H,13-14H2,(H,29,30). The Morgan fingerprint density at radius 3 is 2.39 bits per heavy atom. The lowest BCUT2D eigenvalue weighted by atomic mass is 9.95. The molecule has 3 aromatic carbocycles. The van der Waals surface area contributed by atoms with E-state index in [-0.39, 0.29) is 5.56 Å². The van der Waals surface area contributed by atoms with Crippen molar-refractivity contribution in [2.24, 2.45) is 0 Å². The second-order valence-corrected chi connectivity index (χ2v) is 7.44. The number of nitrogens with one attached hydrogen (secondary N) is 1. The van der Waals surface area contributed by atoms with Gasteiger partial charge in [0.2, 0.25) is 0 Å². The topological polar surface area (TPSA) is 58.6 Å². The summed E-state index contributed by atoms with van der Waals surface area (Å²) in [6, 6.07) is 19.3. The fraction of sp³-hybridized carbons (Fsp3) is 0.208. The highest BCUT2D eigenvalue weighted by atomic mass is 19.4. The van der Waals surface area contributed by atoms with Crippen molar-refractivity contribution in [2.75, 3.05) is 0 Å². The number of fused-ring (bicyclic) bond motifs is 1. The van der Waals surface area contributed by atoms with E-state index in [1.54, 1.807) is 24.3 Å². The summed E-state index contributed by atoms with van der Waals surface area (Å²) in [6.07, 6.45) is -5.42. The van der Waals surface area contributed by atoms with Gasteiger partial charge in [0.05, 0.1) is 11.6 Å². The molecule has 2 N–H and O–H groups in total. The Bertz CT molecular complexity index is 1080. The molecule has 2 atom stereocenters. The normalized spacial score (nSPS) is 16.3. The molecular weight excluding hydrogens is 407 g/mol. The summed E-state index contributed by atoms with van der Waals surface area (Å²) in [5.74, 6) is 0.370. The van der Waals surface area contributed by atoms with Crippen molar-refractivity contribution in [1.29, 1.82) is 0 Å². The molecule has 0 aromatic heterocycles. The Balaban J connectivity index is 1.67. The molecule has 1 aliphatic rings. The van der Waals surface area contributed by atoms with Crippen LogP contribution in [0.5, 0.6) is 5.75 Å². The average Bonchev–Trinajstić information content (AvgIpc) is 3.17. The van der Waals surface area contributed by atoms with E-state index in [9.17, 15) is 23.1 Å². The minimum absolute atomic E-state index is 0.0401. The average molecular weight is 427 g/mol. The van der Waals surface area contributed by atoms with Crippen LogP contribution in [-0.4, -0.2) is 23.3 Å². The van der Waals surface area contributed by atoms with Gasteiger partial charge in [-0.3, -0.25) is 0 Å². The number of carbonyl (C=O) groups is 1. The van der Waals surface area contributed by atoms with Gasteiger partial charge in [-0.15, -0.1) is 0 Å². The maximum atomic E-state index is 13.6. The zero-order valence-electron chi connectivity index (χ0n) is 16.4. The molecule has 1 aliphatic heterocycles. The number of rotatable bonds is 5. The van der Waals surface area contributed by atoms with Gasteiger partial charge in [0, 0.05) is 12.0 Å². The Morgan fingerprint density at radius 1 is 1.00 bits per heavy atom. The molecule has 0 fully saturated rings. The van der Waals surface area contributed by atoms with Crippen molar-refractivity contribution in [1.82, 2.24) is 5.32 Å². The van der Waals surface area contributed by atoms with E-state index in [1.807, 2.05) is 30.3 Å². The van der Waals surface area contributed by atoms with Gasteiger partial charge in [-0.1, -0.05) is 66.7 Å². The van der Waals surface area contributed by atoms with Crippen molar-refractivity contribution in [3.05, 3.63) is 89.5 Å². The summed E-state index contributed by atoms with van der Waals surface area (Å²) < 4.78 is 46.8. The highest BCUT2D eigenvalue weighted by Crippen LogP contribution is 2.44. The van der Waals surface area contributed by atoms with E-state index in [2.05, 4.69) is 5.32 Å². The summed E-state index contributed by atoms with van der Waals surface area (Å²) in [5, 5.41) is 11.8. The maximum absolute atomic E-state index is 13.6. The first kappa shape index (κ1) is 20.8.